The average molecular weight is 850 g/mol. The zero-order chi connectivity index (χ0) is 42.6. The maximum absolute atomic E-state index is 15.5. The Labute approximate surface area is 352 Å². The van der Waals surface area contributed by atoms with E-state index in [1.165, 1.54) is 21.8 Å². The number of piperidine rings is 1. The van der Waals surface area contributed by atoms with E-state index >= 15 is 8.78 Å². The number of hydrogen-bond donors (Lipinski definition) is 1. The number of aromatic nitrogens is 8. The molecule has 0 radical (unpaired) electrons. The Hall–Kier alpha value is -6.41. The smallest absolute Gasteiger partial charge is 0.245 e. The predicted octanol–water partition coefficient (Wildman–Crippen LogP) is 3.28. The van der Waals surface area contributed by atoms with Gasteiger partial charge in [-0.05, 0) is 50.1 Å². The number of likely N-dealkylation sites (N-methyl/N-ethyl adjacent to an activating group) is 1. The fourth-order valence-electron chi connectivity index (χ4n) is 9.72. The number of pyridine rings is 2. The number of ether oxygens (including phenoxy) is 2. The number of piperazine rings is 1. The van der Waals surface area contributed by atoms with Crippen molar-refractivity contribution in [3.8, 4) is 17.1 Å². The third-order valence-corrected chi connectivity index (χ3v) is 12.8. The fourth-order valence-corrected chi connectivity index (χ4v) is 9.72. The van der Waals surface area contributed by atoms with E-state index in [4.69, 9.17) is 34.4 Å². The minimum atomic E-state index is -1.59. The SMILES string of the molecule is CO[C@H]1CN(C)C(=O)[C@@H]2C[C@@H](CN2c2nc(N3C4CC3C(=O)N(CC3(F)COC3)C4)nc3c2cnn3-c2ccc(F)cc2F)Nc2cccc(n2)-c2nccc3nc(C)n(c23)C1. The lowest BCUT2D eigenvalue weighted by Gasteiger charge is -2.56. The van der Waals surface area contributed by atoms with Crippen LogP contribution >= 0.6 is 0 Å². The van der Waals surface area contributed by atoms with Gasteiger partial charge in [-0.1, -0.05) is 6.07 Å². The molecule has 5 fully saturated rings. The molecule has 2 amide bonds. The van der Waals surface area contributed by atoms with Gasteiger partial charge in [0.15, 0.2) is 17.1 Å². The molecule has 5 atom stereocenters. The van der Waals surface area contributed by atoms with Gasteiger partial charge in [0.2, 0.25) is 17.8 Å². The summed E-state index contributed by atoms with van der Waals surface area (Å²) < 4.78 is 59.2. The number of fused-ring (bicyclic) bond motifs is 8. The second-order valence-electron chi connectivity index (χ2n) is 16.9. The molecule has 6 bridgehead atoms. The van der Waals surface area contributed by atoms with Gasteiger partial charge in [-0.2, -0.15) is 15.1 Å². The first-order valence-corrected chi connectivity index (χ1v) is 20.6. The largest absolute Gasteiger partial charge is 0.378 e. The third-order valence-electron chi connectivity index (χ3n) is 12.8. The molecule has 0 aliphatic carbocycles. The van der Waals surface area contributed by atoms with Crippen LogP contribution in [0.15, 0.2) is 54.9 Å². The number of nitrogens with one attached hydrogen (secondary N) is 1. The molecule has 6 aliphatic heterocycles. The van der Waals surface area contributed by atoms with Crippen LogP contribution in [0.2, 0.25) is 0 Å². The van der Waals surface area contributed by atoms with Gasteiger partial charge in [-0.25, -0.2) is 27.8 Å². The first-order valence-electron chi connectivity index (χ1n) is 20.6. The van der Waals surface area contributed by atoms with Gasteiger partial charge >= 0.3 is 0 Å². The topological polar surface area (TPSA) is 165 Å². The van der Waals surface area contributed by atoms with Gasteiger partial charge in [0.05, 0.1) is 66.8 Å². The molecule has 1 N–H and O–H groups in total. The van der Waals surface area contributed by atoms with Crippen molar-refractivity contribution in [2.75, 3.05) is 68.7 Å². The van der Waals surface area contributed by atoms with E-state index in [1.807, 2.05) is 41.0 Å². The first kappa shape index (κ1) is 38.5. The number of alkyl halides is 1. The number of anilines is 3. The fraction of sp³-hybridized carbons (Fsp3) is 0.429. The number of aryl methyl sites for hydroxylation is 1. The number of carbonyl (C=O) groups is 2. The quantitative estimate of drug-likeness (QED) is 0.260. The Morgan fingerprint density at radius 3 is 2.60 bits per heavy atom. The average Bonchev–Trinajstić information content (AvgIpc) is 3.94. The van der Waals surface area contributed by atoms with E-state index in [0.717, 1.165) is 29.0 Å². The van der Waals surface area contributed by atoms with Gasteiger partial charge in [0.1, 0.15) is 46.7 Å². The van der Waals surface area contributed by atoms with Crippen molar-refractivity contribution in [2.24, 2.45) is 0 Å². The highest BCUT2D eigenvalue weighted by Gasteiger charge is 2.54. The number of hydrogen-bond acceptors (Lipinski definition) is 13. The number of rotatable bonds is 6. The van der Waals surface area contributed by atoms with Crippen LogP contribution in [-0.2, 0) is 25.6 Å². The molecule has 20 heteroatoms. The van der Waals surface area contributed by atoms with Gasteiger partial charge in [-0.3, -0.25) is 14.6 Å². The second-order valence-corrected chi connectivity index (χ2v) is 16.9. The monoisotopic (exact) mass is 849 g/mol. The van der Waals surface area contributed by atoms with Crippen molar-refractivity contribution in [1.82, 2.24) is 49.1 Å². The van der Waals surface area contributed by atoms with Gasteiger partial charge in [0, 0.05) is 52.1 Å². The standard InChI is InChI=1S/C42H42F3N13O4/c1-22-48-30-9-10-46-35-29-5-4-6-34(50-29)49-24-12-32(39(59)53(2)17-26(61-3)18-55(22)36(30)35)56(15-24)37-27-14-47-58(31-8-7-23(43)11-28(31)44)38(27)52-41(51-37)57-25-13-33(57)40(60)54(16-25)19-42(45)20-62-21-42/h4-11,14,24-26,32-33H,12-13,15-21H2,1-3H3,(H,49,50)/t24-,25?,26-,32-,33?/m0/s1. The maximum atomic E-state index is 15.5. The van der Waals surface area contributed by atoms with Crippen LogP contribution in [0.3, 0.4) is 0 Å². The molecule has 0 saturated carbocycles. The molecule has 1 aromatic carbocycles. The summed E-state index contributed by atoms with van der Waals surface area (Å²) in [5.74, 6) is -0.197. The number of imidazole rings is 1. The van der Waals surface area contributed by atoms with Crippen LogP contribution in [0, 0.1) is 18.6 Å². The molecule has 17 nitrogen and oxygen atoms in total. The first-order chi connectivity index (χ1) is 29.9. The summed E-state index contributed by atoms with van der Waals surface area (Å²) in [4.78, 5) is 60.3. The van der Waals surface area contributed by atoms with Crippen LogP contribution in [-0.4, -0.2) is 150 Å². The third kappa shape index (κ3) is 6.20. The Balaban J connectivity index is 1.01. The van der Waals surface area contributed by atoms with Crippen LogP contribution < -0.4 is 15.1 Å². The number of benzene rings is 1. The van der Waals surface area contributed by atoms with E-state index in [2.05, 4.69) is 15.0 Å². The van der Waals surface area contributed by atoms with Gasteiger partial charge < -0.3 is 39.0 Å². The number of halogens is 3. The normalized spacial score (nSPS) is 24.5. The zero-order valence-electron chi connectivity index (χ0n) is 34.1. The lowest BCUT2D eigenvalue weighted by molar-refractivity contribution is -0.162. The number of nitrogens with zero attached hydrogens (tertiary/aromatic N) is 12. The van der Waals surface area contributed by atoms with Crippen molar-refractivity contribution < 1.29 is 32.2 Å². The summed E-state index contributed by atoms with van der Waals surface area (Å²) in [6.07, 6.45) is 3.66. The summed E-state index contributed by atoms with van der Waals surface area (Å²) in [6, 6.07) is 8.74. The molecular weight excluding hydrogens is 808 g/mol. The Bertz CT molecular complexity index is 2800. The van der Waals surface area contributed by atoms with E-state index in [9.17, 15) is 14.0 Å². The van der Waals surface area contributed by atoms with Crippen molar-refractivity contribution in [2.45, 2.75) is 62.3 Å². The molecule has 62 heavy (non-hydrogen) atoms. The highest BCUT2D eigenvalue weighted by molar-refractivity contribution is 5.95. The van der Waals surface area contributed by atoms with Crippen molar-refractivity contribution in [3.63, 3.8) is 0 Å². The van der Waals surface area contributed by atoms with E-state index in [-0.39, 0.29) is 80.6 Å². The molecule has 5 aromatic heterocycles. The second kappa shape index (κ2) is 14.3. The lowest BCUT2D eigenvalue weighted by Crippen LogP contribution is -2.73. The molecule has 320 valence electrons. The highest BCUT2D eigenvalue weighted by Crippen LogP contribution is 2.41. The minimum absolute atomic E-state index is 0.0492. The maximum Gasteiger partial charge on any atom is 0.245 e. The van der Waals surface area contributed by atoms with Crippen LogP contribution in [0.1, 0.15) is 18.7 Å². The summed E-state index contributed by atoms with van der Waals surface area (Å²) in [7, 11) is 3.36. The van der Waals surface area contributed by atoms with E-state index < -0.39 is 35.5 Å². The molecule has 2 unspecified atom stereocenters. The lowest BCUT2D eigenvalue weighted by atomic mass is 9.86. The minimum Gasteiger partial charge on any atom is -0.378 e. The summed E-state index contributed by atoms with van der Waals surface area (Å²) in [5, 5.41) is 8.51. The molecule has 5 saturated heterocycles. The molecule has 11 heterocycles. The highest BCUT2D eigenvalue weighted by atomic mass is 19.1. The van der Waals surface area contributed by atoms with Crippen LogP contribution in [0.25, 0.3) is 39.1 Å². The van der Waals surface area contributed by atoms with Crippen LogP contribution in [0.4, 0.5) is 30.8 Å². The molecule has 0 spiro atoms. The van der Waals surface area contributed by atoms with Crippen molar-refractivity contribution in [1.29, 1.82) is 0 Å². The van der Waals surface area contributed by atoms with Gasteiger partial charge in [-0.15, -0.1) is 0 Å². The van der Waals surface area contributed by atoms with Gasteiger partial charge in [0.25, 0.3) is 0 Å². The number of carbonyl (C=O) groups excluding carboxylic acids is 2. The molecular formula is C42H42F3N13O4. The van der Waals surface area contributed by atoms with E-state index in [0.29, 0.717) is 47.8 Å². The Morgan fingerprint density at radius 1 is 0.968 bits per heavy atom. The molecule has 12 rings (SSSR count). The number of amides is 2. The Kier molecular flexibility index (Phi) is 8.90. The number of methoxy groups -OCH3 is 1. The van der Waals surface area contributed by atoms with Crippen molar-refractivity contribution >= 4 is 51.5 Å². The van der Waals surface area contributed by atoms with Crippen LogP contribution in [0.5, 0.6) is 0 Å². The molecule has 6 aliphatic rings. The zero-order valence-corrected chi connectivity index (χ0v) is 34.1. The summed E-state index contributed by atoms with van der Waals surface area (Å²) >= 11 is 0. The van der Waals surface area contributed by atoms with E-state index in [1.54, 1.807) is 25.3 Å². The van der Waals surface area contributed by atoms with Crippen molar-refractivity contribution in [3.05, 3.63) is 72.3 Å². The summed E-state index contributed by atoms with van der Waals surface area (Å²) in [5.41, 5.74) is 1.45. The summed E-state index contributed by atoms with van der Waals surface area (Å²) in [6.45, 7) is 2.90. The Morgan fingerprint density at radius 2 is 1.82 bits per heavy atom. The molecule has 6 aromatic rings. The predicted molar refractivity (Wildman–Crippen MR) is 220 cm³/mol.